The normalized spacial score (nSPS) is 27.1. The molecule has 3 unspecified atom stereocenters. The standard InChI is InChI=1S/C15H19F3N2O2/c1-13(19,8-14(20)7-11(14)12(21)22-2)9-3-5-10(6-4-9)15(16,17)18/h3-6,11H,7-8,19-20H2,1-2H3. The minimum atomic E-state index is -4.38. The second-order valence-electron chi connectivity index (χ2n) is 6.18. The molecule has 1 aliphatic carbocycles. The molecule has 4 N–H and O–H groups in total. The zero-order chi connectivity index (χ0) is 16.8. The number of nitrogens with two attached hydrogens (primary N) is 2. The van der Waals surface area contributed by atoms with Crippen LogP contribution in [0.4, 0.5) is 13.2 Å². The fourth-order valence-electron chi connectivity index (χ4n) is 2.80. The van der Waals surface area contributed by atoms with Crippen LogP contribution >= 0.6 is 0 Å². The van der Waals surface area contributed by atoms with E-state index in [2.05, 4.69) is 4.74 Å². The van der Waals surface area contributed by atoms with Gasteiger partial charge in [0.05, 0.1) is 18.6 Å². The predicted octanol–water partition coefficient (Wildman–Crippen LogP) is 2.16. The second-order valence-corrected chi connectivity index (χ2v) is 6.18. The number of hydrogen-bond donors (Lipinski definition) is 2. The van der Waals surface area contributed by atoms with Crippen molar-refractivity contribution >= 4 is 5.97 Å². The fourth-order valence-corrected chi connectivity index (χ4v) is 2.80. The number of ether oxygens (including phenoxy) is 1. The molecule has 1 saturated carbocycles. The van der Waals surface area contributed by atoms with E-state index in [1.54, 1.807) is 6.92 Å². The molecule has 0 amide bonds. The van der Waals surface area contributed by atoms with Gasteiger partial charge in [0.1, 0.15) is 0 Å². The highest BCUT2D eigenvalue weighted by molar-refractivity contribution is 5.78. The van der Waals surface area contributed by atoms with E-state index in [0.717, 1.165) is 12.1 Å². The molecule has 0 spiro atoms. The number of methoxy groups -OCH3 is 1. The summed E-state index contributed by atoms with van der Waals surface area (Å²) in [5, 5.41) is 0. The highest BCUT2D eigenvalue weighted by Crippen LogP contribution is 2.48. The van der Waals surface area contributed by atoms with Gasteiger partial charge in [-0.2, -0.15) is 13.2 Å². The summed E-state index contributed by atoms with van der Waals surface area (Å²) < 4.78 is 42.4. The SMILES string of the molecule is COC(=O)C1CC1(N)CC(C)(N)c1ccc(C(F)(F)F)cc1. The summed E-state index contributed by atoms with van der Waals surface area (Å²) in [6.45, 7) is 1.69. The monoisotopic (exact) mass is 316 g/mol. The average molecular weight is 316 g/mol. The molecule has 0 bridgehead atoms. The zero-order valence-electron chi connectivity index (χ0n) is 12.4. The molecule has 0 aliphatic heterocycles. The number of rotatable bonds is 4. The van der Waals surface area contributed by atoms with Gasteiger partial charge in [-0.15, -0.1) is 0 Å². The van der Waals surface area contributed by atoms with Crippen LogP contribution in [0.5, 0.6) is 0 Å². The van der Waals surface area contributed by atoms with Crippen molar-refractivity contribution in [2.75, 3.05) is 7.11 Å². The molecule has 1 fully saturated rings. The Hall–Kier alpha value is -1.60. The van der Waals surface area contributed by atoms with E-state index in [1.165, 1.54) is 19.2 Å². The summed E-state index contributed by atoms with van der Waals surface area (Å²) in [6, 6.07) is 4.69. The van der Waals surface area contributed by atoms with Crippen LogP contribution in [0.1, 0.15) is 30.9 Å². The molecule has 0 radical (unpaired) electrons. The van der Waals surface area contributed by atoms with Gasteiger partial charge < -0.3 is 16.2 Å². The molecule has 2 rings (SSSR count). The first-order valence-electron chi connectivity index (χ1n) is 6.83. The molecule has 22 heavy (non-hydrogen) atoms. The Balaban J connectivity index is 2.13. The van der Waals surface area contributed by atoms with Crippen molar-refractivity contribution in [3.8, 4) is 0 Å². The van der Waals surface area contributed by atoms with Crippen LogP contribution in [0.15, 0.2) is 24.3 Å². The highest BCUT2D eigenvalue weighted by Gasteiger charge is 2.58. The van der Waals surface area contributed by atoms with Crippen LogP contribution in [-0.4, -0.2) is 18.6 Å². The highest BCUT2D eigenvalue weighted by atomic mass is 19.4. The Labute approximate surface area is 126 Å². The lowest BCUT2D eigenvalue weighted by molar-refractivity contribution is -0.142. The number of alkyl halides is 3. The van der Waals surface area contributed by atoms with Crippen LogP contribution in [0.25, 0.3) is 0 Å². The van der Waals surface area contributed by atoms with Gasteiger partial charge in [0.15, 0.2) is 0 Å². The van der Waals surface area contributed by atoms with Gasteiger partial charge in [-0.1, -0.05) is 12.1 Å². The molecule has 0 aromatic heterocycles. The molecule has 1 aromatic rings. The molecule has 1 aliphatic rings. The number of esters is 1. The molecular formula is C15H19F3N2O2. The molecule has 4 nitrogen and oxygen atoms in total. The first-order valence-corrected chi connectivity index (χ1v) is 6.83. The van der Waals surface area contributed by atoms with Crippen molar-refractivity contribution in [1.29, 1.82) is 0 Å². The lowest BCUT2D eigenvalue weighted by Gasteiger charge is -2.29. The van der Waals surface area contributed by atoms with Gasteiger partial charge in [0.2, 0.25) is 0 Å². The quantitative estimate of drug-likeness (QED) is 0.834. The predicted molar refractivity (Wildman–Crippen MR) is 74.6 cm³/mol. The maximum Gasteiger partial charge on any atom is 0.416 e. The number of carbonyl (C=O) groups excluding carboxylic acids is 1. The Bertz CT molecular complexity index is 569. The minimum Gasteiger partial charge on any atom is -0.469 e. The summed E-state index contributed by atoms with van der Waals surface area (Å²) >= 11 is 0. The third kappa shape index (κ3) is 3.25. The molecule has 3 atom stereocenters. The van der Waals surface area contributed by atoms with Crippen molar-refractivity contribution in [1.82, 2.24) is 0 Å². The Morgan fingerprint density at radius 3 is 2.27 bits per heavy atom. The van der Waals surface area contributed by atoms with Gasteiger partial charge in [-0.05, 0) is 37.5 Å². The van der Waals surface area contributed by atoms with Gasteiger partial charge in [-0.3, -0.25) is 4.79 Å². The Morgan fingerprint density at radius 2 is 1.82 bits per heavy atom. The topological polar surface area (TPSA) is 78.3 Å². The lowest BCUT2D eigenvalue weighted by atomic mass is 9.84. The van der Waals surface area contributed by atoms with Crippen molar-refractivity contribution in [2.45, 2.75) is 37.0 Å². The van der Waals surface area contributed by atoms with Crippen LogP contribution in [-0.2, 0) is 21.2 Å². The average Bonchev–Trinajstić information content (AvgIpc) is 3.07. The van der Waals surface area contributed by atoms with Gasteiger partial charge in [0, 0.05) is 11.1 Å². The molecule has 0 heterocycles. The van der Waals surface area contributed by atoms with Crippen molar-refractivity contribution in [3.05, 3.63) is 35.4 Å². The maximum atomic E-state index is 12.6. The molecule has 122 valence electrons. The van der Waals surface area contributed by atoms with E-state index in [9.17, 15) is 18.0 Å². The zero-order valence-corrected chi connectivity index (χ0v) is 12.4. The van der Waals surface area contributed by atoms with Gasteiger partial charge in [-0.25, -0.2) is 0 Å². The van der Waals surface area contributed by atoms with Crippen LogP contribution in [0.3, 0.4) is 0 Å². The van der Waals surface area contributed by atoms with Crippen molar-refractivity contribution in [3.63, 3.8) is 0 Å². The van der Waals surface area contributed by atoms with E-state index in [0.29, 0.717) is 12.0 Å². The fraction of sp³-hybridized carbons (Fsp3) is 0.533. The lowest BCUT2D eigenvalue weighted by Crippen LogP contribution is -2.43. The molecule has 7 heteroatoms. The molecular weight excluding hydrogens is 297 g/mol. The van der Waals surface area contributed by atoms with Crippen LogP contribution in [0.2, 0.25) is 0 Å². The minimum absolute atomic E-state index is 0.283. The van der Waals surface area contributed by atoms with Crippen LogP contribution < -0.4 is 11.5 Å². The summed E-state index contributed by atoms with van der Waals surface area (Å²) in [6.07, 6.45) is -3.64. The largest absolute Gasteiger partial charge is 0.469 e. The Kier molecular flexibility index (Phi) is 3.99. The van der Waals surface area contributed by atoms with E-state index in [1.807, 2.05) is 0 Å². The number of benzene rings is 1. The molecule has 1 aromatic carbocycles. The van der Waals surface area contributed by atoms with E-state index < -0.39 is 28.7 Å². The van der Waals surface area contributed by atoms with E-state index in [4.69, 9.17) is 11.5 Å². The summed E-state index contributed by atoms with van der Waals surface area (Å²) in [4.78, 5) is 11.5. The maximum absolute atomic E-state index is 12.6. The second kappa shape index (κ2) is 5.24. The molecule has 0 saturated heterocycles. The Morgan fingerprint density at radius 1 is 1.32 bits per heavy atom. The van der Waals surface area contributed by atoms with Crippen molar-refractivity contribution < 1.29 is 22.7 Å². The smallest absolute Gasteiger partial charge is 0.416 e. The van der Waals surface area contributed by atoms with Gasteiger partial charge in [0.25, 0.3) is 0 Å². The third-order valence-electron chi connectivity index (χ3n) is 4.17. The van der Waals surface area contributed by atoms with E-state index >= 15 is 0 Å². The first kappa shape index (κ1) is 16.8. The number of hydrogen-bond acceptors (Lipinski definition) is 4. The summed E-state index contributed by atoms with van der Waals surface area (Å²) in [7, 11) is 1.29. The third-order valence-corrected chi connectivity index (χ3v) is 4.17. The summed E-state index contributed by atoms with van der Waals surface area (Å²) in [5.41, 5.74) is 10.5. The van der Waals surface area contributed by atoms with Crippen LogP contribution in [0, 0.1) is 5.92 Å². The first-order chi connectivity index (χ1) is 9.99. The van der Waals surface area contributed by atoms with Gasteiger partial charge >= 0.3 is 12.1 Å². The van der Waals surface area contributed by atoms with Crippen molar-refractivity contribution in [2.24, 2.45) is 17.4 Å². The summed E-state index contributed by atoms with van der Waals surface area (Å²) in [5.74, 6) is -0.791. The number of carbonyl (C=O) groups is 1. The van der Waals surface area contributed by atoms with E-state index in [-0.39, 0.29) is 12.4 Å². The number of halogens is 3.